The number of ether oxygens (including phenoxy) is 1. The first-order valence-electron chi connectivity index (χ1n) is 11.4. The molecule has 1 amide bonds. The Hall–Kier alpha value is -1.96. The third-order valence-electron chi connectivity index (χ3n) is 7.00. The topological polar surface area (TPSA) is 79.2 Å². The van der Waals surface area contributed by atoms with E-state index in [-0.39, 0.29) is 34.7 Å². The van der Waals surface area contributed by atoms with Crippen molar-refractivity contribution in [1.29, 1.82) is 0 Å². The number of benzene rings is 1. The van der Waals surface area contributed by atoms with Gasteiger partial charge >= 0.3 is 0 Å². The van der Waals surface area contributed by atoms with Crippen LogP contribution >= 0.6 is 0 Å². The third kappa shape index (κ3) is 3.74. The van der Waals surface area contributed by atoms with Gasteiger partial charge in [-0.05, 0) is 25.8 Å². The molecule has 2 aromatic rings. The summed E-state index contributed by atoms with van der Waals surface area (Å²) < 4.78 is 7.51. The molecule has 2 aliphatic rings. The monoisotopic (exact) mass is 414 g/mol. The van der Waals surface area contributed by atoms with Gasteiger partial charge in [0.05, 0.1) is 25.3 Å². The molecule has 4 rings (SSSR count). The number of morpholine rings is 1. The number of quaternary nitrogens is 1. The van der Waals surface area contributed by atoms with Crippen LogP contribution in [0.1, 0.15) is 69.4 Å². The highest BCUT2D eigenvalue weighted by atomic mass is 16.6. The van der Waals surface area contributed by atoms with Gasteiger partial charge in [0.25, 0.3) is 5.91 Å². The van der Waals surface area contributed by atoms with E-state index < -0.39 is 0 Å². The van der Waals surface area contributed by atoms with Crippen molar-refractivity contribution >= 4 is 16.8 Å². The first-order valence-corrected chi connectivity index (χ1v) is 11.4. The summed E-state index contributed by atoms with van der Waals surface area (Å²) in [6.45, 7) is 7.98. The smallest absolute Gasteiger partial charge is 0.272 e. The van der Waals surface area contributed by atoms with Crippen molar-refractivity contribution in [3.63, 3.8) is 0 Å². The van der Waals surface area contributed by atoms with E-state index in [1.165, 1.54) is 0 Å². The summed E-state index contributed by atoms with van der Waals surface area (Å²) in [7, 11) is 0. The van der Waals surface area contributed by atoms with Crippen LogP contribution < -0.4 is 5.32 Å². The summed E-state index contributed by atoms with van der Waals surface area (Å²) in [4.78, 5) is 13.2. The van der Waals surface area contributed by atoms with Crippen LogP contribution in [0.4, 0.5) is 0 Å². The minimum Gasteiger partial charge on any atom is -0.632 e. The fourth-order valence-electron chi connectivity index (χ4n) is 5.04. The zero-order chi connectivity index (χ0) is 21.3. The second-order valence-electron chi connectivity index (χ2n) is 8.99. The molecule has 2 saturated heterocycles. The SMILES string of the molecule is CCCC[N+]1([O-])C2COC[C@@H]1CC(NC(=O)c1nn(C(C)CC)c3ccccc13)C2. The number of carbonyl (C=O) groups is 1. The highest BCUT2D eigenvalue weighted by Crippen LogP contribution is 2.35. The van der Waals surface area contributed by atoms with E-state index in [9.17, 15) is 10.0 Å². The van der Waals surface area contributed by atoms with Crippen LogP contribution in [-0.4, -0.2) is 58.2 Å². The van der Waals surface area contributed by atoms with Crippen LogP contribution in [0, 0.1) is 5.21 Å². The molecule has 1 aromatic carbocycles. The van der Waals surface area contributed by atoms with Crippen LogP contribution in [0.5, 0.6) is 0 Å². The molecule has 4 unspecified atom stereocenters. The van der Waals surface area contributed by atoms with Crippen molar-refractivity contribution in [2.45, 2.75) is 77.0 Å². The number of aromatic nitrogens is 2. The Morgan fingerprint density at radius 3 is 2.67 bits per heavy atom. The van der Waals surface area contributed by atoms with E-state index in [2.05, 4.69) is 31.2 Å². The Labute approximate surface area is 178 Å². The lowest BCUT2D eigenvalue weighted by Crippen LogP contribution is -2.69. The Morgan fingerprint density at radius 2 is 2.00 bits per heavy atom. The van der Waals surface area contributed by atoms with Gasteiger partial charge in [0.1, 0.15) is 12.1 Å². The van der Waals surface area contributed by atoms with E-state index in [0.717, 1.165) is 30.2 Å². The van der Waals surface area contributed by atoms with Crippen LogP contribution in [0.2, 0.25) is 0 Å². The number of amides is 1. The molecule has 0 radical (unpaired) electrons. The highest BCUT2D eigenvalue weighted by Gasteiger charge is 2.47. The molecule has 7 heteroatoms. The fraction of sp³-hybridized carbons (Fsp3) is 0.652. The van der Waals surface area contributed by atoms with Crippen LogP contribution in [0.3, 0.4) is 0 Å². The van der Waals surface area contributed by atoms with E-state index >= 15 is 0 Å². The summed E-state index contributed by atoms with van der Waals surface area (Å²) in [5.41, 5.74) is 1.47. The van der Waals surface area contributed by atoms with Crippen molar-refractivity contribution in [3.8, 4) is 0 Å². The van der Waals surface area contributed by atoms with E-state index in [1.54, 1.807) is 0 Å². The summed E-state index contributed by atoms with van der Waals surface area (Å²) in [5, 5.41) is 22.3. The van der Waals surface area contributed by atoms with E-state index in [0.29, 0.717) is 38.3 Å². The van der Waals surface area contributed by atoms with Gasteiger partial charge in [-0.2, -0.15) is 5.10 Å². The lowest BCUT2D eigenvalue weighted by Gasteiger charge is -2.60. The fourth-order valence-corrected chi connectivity index (χ4v) is 5.04. The molecule has 2 bridgehead atoms. The molecule has 164 valence electrons. The molecule has 30 heavy (non-hydrogen) atoms. The molecule has 3 heterocycles. The average Bonchev–Trinajstić information content (AvgIpc) is 3.12. The molecule has 0 aliphatic carbocycles. The largest absolute Gasteiger partial charge is 0.632 e. The first kappa shape index (κ1) is 21.3. The van der Waals surface area contributed by atoms with Crippen molar-refractivity contribution in [2.75, 3.05) is 19.8 Å². The number of rotatable bonds is 7. The Balaban J connectivity index is 1.53. The molecule has 2 fully saturated rings. The third-order valence-corrected chi connectivity index (χ3v) is 7.00. The predicted octanol–water partition coefficient (Wildman–Crippen LogP) is 3.78. The Morgan fingerprint density at radius 1 is 1.30 bits per heavy atom. The quantitative estimate of drug-likeness (QED) is 0.552. The molecular weight excluding hydrogens is 380 g/mol. The number of hydrogen-bond donors (Lipinski definition) is 1. The standard InChI is InChI=1S/C23H34N4O3/c1-4-6-11-27(29)18-12-17(13-19(27)15-30-14-18)24-23(28)22-20-9-7-8-10-21(20)26(25-22)16(3)5-2/h7-10,16-19H,4-6,11-15H2,1-3H3,(H,24,28)/t16?,17?,18-,19?,27?/m0/s1. The number of fused-ring (bicyclic) bond motifs is 3. The maximum Gasteiger partial charge on any atom is 0.272 e. The van der Waals surface area contributed by atoms with Gasteiger partial charge in [0.15, 0.2) is 5.69 Å². The molecule has 0 saturated carbocycles. The van der Waals surface area contributed by atoms with Gasteiger partial charge in [0, 0.05) is 30.3 Å². The molecule has 7 nitrogen and oxygen atoms in total. The summed E-state index contributed by atoms with van der Waals surface area (Å²) in [6, 6.07) is 7.93. The lowest BCUT2D eigenvalue weighted by molar-refractivity contribution is -0.943. The van der Waals surface area contributed by atoms with Crippen molar-refractivity contribution < 1.29 is 14.2 Å². The molecule has 1 aromatic heterocycles. The first-order chi connectivity index (χ1) is 14.5. The zero-order valence-electron chi connectivity index (χ0n) is 18.3. The lowest BCUT2D eigenvalue weighted by atomic mass is 9.88. The van der Waals surface area contributed by atoms with E-state index in [1.807, 2.05) is 28.9 Å². The number of hydroxylamine groups is 3. The highest BCUT2D eigenvalue weighted by molar-refractivity contribution is 6.05. The number of hydrogen-bond acceptors (Lipinski definition) is 4. The van der Waals surface area contributed by atoms with Crippen LogP contribution in [0.15, 0.2) is 24.3 Å². The predicted molar refractivity (Wildman–Crippen MR) is 117 cm³/mol. The second-order valence-corrected chi connectivity index (χ2v) is 8.99. The van der Waals surface area contributed by atoms with Crippen LogP contribution in [0.25, 0.3) is 10.9 Å². The molecule has 1 N–H and O–H groups in total. The van der Waals surface area contributed by atoms with Crippen LogP contribution in [-0.2, 0) is 4.74 Å². The number of unbranched alkanes of at least 4 members (excludes halogenated alkanes) is 1. The summed E-state index contributed by atoms with van der Waals surface area (Å²) in [5.74, 6) is -0.142. The number of nitrogens with one attached hydrogen (secondary N) is 1. The summed E-state index contributed by atoms with van der Waals surface area (Å²) in [6.07, 6.45) is 4.24. The van der Waals surface area contributed by atoms with Gasteiger partial charge in [0.2, 0.25) is 0 Å². The van der Waals surface area contributed by atoms with Crippen molar-refractivity contribution in [2.24, 2.45) is 0 Å². The van der Waals surface area contributed by atoms with Gasteiger partial charge in [-0.25, -0.2) is 0 Å². The van der Waals surface area contributed by atoms with E-state index in [4.69, 9.17) is 4.74 Å². The van der Waals surface area contributed by atoms with Gasteiger partial charge in [-0.15, -0.1) is 0 Å². The minimum absolute atomic E-state index is 0.00858. The van der Waals surface area contributed by atoms with Crippen molar-refractivity contribution in [1.82, 2.24) is 15.1 Å². The molecular formula is C23H34N4O3. The number of nitrogens with zero attached hydrogens (tertiary/aromatic N) is 3. The summed E-state index contributed by atoms with van der Waals surface area (Å²) >= 11 is 0. The molecule has 5 atom stereocenters. The normalized spacial score (nSPS) is 29.7. The second kappa shape index (κ2) is 8.65. The number of piperidine rings is 1. The van der Waals surface area contributed by atoms with Crippen molar-refractivity contribution in [3.05, 3.63) is 35.2 Å². The minimum atomic E-state index is -0.147. The van der Waals surface area contributed by atoms with Gasteiger partial charge < -0.3 is 19.9 Å². The molecule has 2 aliphatic heterocycles. The Bertz CT molecular complexity index is 882. The molecule has 0 spiro atoms. The Kier molecular flexibility index (Phi) is 6.14. The average molecular weight is 415 g/mol. The maximum absolute atomic E-state index is 13.5. The van der Waals surface area contributed by atoms with Gasteiger partial charge in [-0.3, -0.25) is 9.48 Å². The maximum atomic E-state index is 13.5. The zero-order valence-corrected chi connectivity index (χ0v) is 18.3. The number of carbonyl (C=O) groups excluding carboxylic acids is 1. The van der Waals surface area contributed by atoms with Gasteiger partial charge in [-0.1, -0.05) is 38.5 Å². The number of para-hydroxylation sites is 1.